The second-order valence-electron chi connectivity index (χ2n) is 4.72. The van der Waals surface area contributed by atoms with Gasteiger partial charge in [0, 0.05) is 6.20 Å². The zero-order chi connectivity index (χ0) is 16.5. The maximum absolute atomic E-state index is 12.2. The van der Waals surface area contributed by atoms with Gasteiger partial charge in [-0.05, 0) is 45.6 Å². The number of unbranched alkanes of at least 4 members (excludes halogenated alkanes) is 1. The molecule has 0 bridgehead atoms. The van der Waals surface area contributed by atoms with Crippen LogP contribution >= 0.6 is 0 Å². The average Bonchev–Trinajstić information content (AvgIpc) is 2.46. The van der Waals surface area contributed by atoms with Gasteiger partial charge in [0.25, 0.3) is 6.08 Å². The van der Waals surface area contributed by atoms with Crippen molar-refractivity contribution in [1.82, 2.24) is 9.97 Å². The highest BCUT2D eigenvalue weighted by molar-refractivity contribution is 5.90. The summed E-state index contributed by atoms with van der Waals surface area (Å²) in [5.41, 5.74) is 0.818. The third-order valence-electron chi connectivity index (χ3n) is 2.95. The van der Waals surface area contributed by atoms with E-state index in [1.807, 2.05) is 6.92 Å². The van der Waals surface area contributed by atoms with E-state index in [2.05, 4.69) is 9.97 Å². The summed E-state index contributed by atoms with van der Waals surface area (Å²) in [6.07, 6.45) is 1.08. The van der Waals surface area contributed by atoms with E-state index in [0.717, 1.165) is 0 Å². The summed E-state index contributed by atoms with van der Waals surface area (Å²) in [6, 6.07) is 0.215. The number of carbonyl (C=O) groups excluding carboxylic acids is 1. The van der Waals surface area contributed by atoms with Crippen LogP contribution in [0.4, 0.5) is 8.78 Å². The lowest BCUT2D eigenvalue weighted by Crippen LogP contribution is -2.11. The molecule has 0 amide bonds. The van der Waals surface area contributed by atoms with E-state index in [4.69, 9.17) is 9.47 Å². The van der Waals surface area contributed by atoms with Crippen LogP contribution in [0.25, 0.3) is 0 Å². The van der Waals surface area contributed by atoms with Gasteiger partial charge in [-0.2, -0.15) is 13.8 Å². The highest BCUT2D eigenvalue weighted by Gasteiger charge is 2.13. The van der Waals surface area contributed by atoms with Crippen LogP contribution in [0.3, 0.4) is 0 Å². The highest BCUT2D eigenvalue weighted by atomic mass is 19.3. The molecular weight excluding hydrogens is 294 g/mol. The zero-order valence-electron chi connectivity index (χ0n) is 13.0. The summed E-state index contributed by atoms with van der Waals surface area (Å²) in [7, 11) is 0. The molecule has 5 nitrogen and oxygen atoms in total. The van der Waals surface area contributed by atoms with Crippen LogP contribution in [0.2, 0.25) is 0 Å². The van der Waals surface area contributed by atoms with Crippen molar-refractivity contribution in [2.75, 3.05) is 13.2 Å². The van der Waals surface area contributed by atoms with Crippen LogP contribution in [0, 0.1) is 6.92 Å². The number of aryl methyl sites for hydroxylation is 1. The van der Waals surface area contributed by atoms with Crippen LogP contribution in [0.1, 0.15) is 49.2 Å². The van der Waals surface area contributed by atoms with Crippen molar-refractivity contribution in [3.63, 3.8) is 0 Å². The molecule has 0 atom stereocenters. The van der Waals surface area contributed by atoms with Crippen molar-refractivity contribution < 1.29 is 23.0 Å². The molecule has 0 aliphatic rings. The molecule has 0 radical (unpaired) electrons. The molecule has 1 aromatic rings. The molecule has 0 aromatic carbocycles. The van der Waals surface area contributed by atoms with E-state index in [1.54, 1.807) is 6.92 Å². The molecule has 0 unspecified atom stereocenters. The minimum Gasteiger partial charge on any atom is -0.464 e. The fourth-order valence-corrected chi connectivity index (χ4v) is 1.67. The Kier molecular flexibility index (Phi) is 7.42. The van der Waals surface area contributed by atoms with Gasteiger partial charge in [0.05, 0.1) is 24.5 Å². The van der Waals surface area contributed by atoms with E-state index in [9.17, 15) is 13.6 Å². The predicted molar refractivity (Wildman–Crippen MR) is 77.0 cm³/mol. The Morgan fingerprint density at radius 3 is 2.64 bits per heavy atom. The van der Waals surface area contributed by atoms with Gasteiger partial charge >= 0.3 is 12.0 Å². The van der Waals surface area contributed by atoms with Crippen molar-refractivity contribution in [2.45, 2.75) is 40.0 Å². The molecular formula is C15H20F2N2O3. The van der Waals surface area contributed by atoms with Crippen LogP contribution in [-0.2, 0) is 4.74 Å². The minimum absolute atomic E-state index is 0.0714. The van der Waals surface area contributed by atoms with Gasteiger partial charge in [-0.25, -0.2) is 9.78 Å². The molecule has 0 saturated carbocycles. The van der Waals surface area contributed by atoms with Crippen molar-refractivity contribution in [3.05, 3.63) is 29.1 Å². The number of ether oxygens (including phenoxy) is 2. The van der Waals surface area contributed by atoms with Gasteiger partial charge in [-0.15, -0.1) is 0 Å². The van der Waals surface area contributed by atoms with Crippen LogP contribution in [0.5, 0.6) is 6.01 Å². The zero-order valence-corrected chi connectivity index (χ0v) is 13.0. The first-order valence-corrected chi connectivity index (χ1v) is 7.10. The minimum atomic E-state index is -1.64. The smallest absolute Gasteiger partial charge is 0.341 e. The Bertz CT molecular complexity index is 544. The number of carbonyl (C=O) groups is 1. The lowest BCUT2D eigenvalue weighted by atomic mass is 10.1. The molecule has 7 heteroatoms. The number of aromatic nitrogens is 2. The SMILES string of the molecule is CCOc1ncc(C(=O)OCCCCC(C)=C(F)F)c(C)n1. The Hall–Kier alpha value is -2.05. The topological polar surface area (TPSA) is 61.3 Å². The molecule has 1 aromatic heterocycles. The highest BCUT2D eigenvalue weighted by Crippen LogP contribution is 2.14. The third kappa shape index (κ3) is 5.75. The summed E-state index contributed by atoms with van der Waals surface area (Å²) in [5, 5.41) is 0. The number of rotatable bonds is 8. The van der Waals surface area contributed by atoms with E-state index in [0.29, 0.717) is 31.6 Å². The molecule has 0 spiro atoms. The van der Waals surface area contributed by atoms with E-state index in [1.165, 1.54) is 13.1 Å². The van der Waals surface area contributed by atoms with Crippen molar-refractivity contribution >= 4 is 5.97 Å². The van der Waals surface area contributed by atoms with E-state index in [-0.39, 0.29) is 23.8 Å². The van der Waals surface area contributed by atoms with Crippen molar-refractivity contribution in [1.29, 1.82) is 0 Å². The van der Waals surface area contributed by atoms with E-state index >= 15 is 0 Å². The summed E-state index contributed by atoms with van der Waals surface area (Å²) in [5.74, 6) is -0.524. The molecule has 0 fully saturated rings. The first-order valence-electron chi connectivity index (χ1n) is 7.10. The monoisotopic (exact) mass is 314 g/mol. The number of hydrogen-bond donors (Lipinski definition) is 0. The normalized spacial score (nSPS) is 10.2. The van der Waals surface area contributed by atoms with Gasteiger partial charge in [0.2, 0.25) is 0 Å². The summed E-state index contributed by atoms with van der Waals surface area (Å²) >= 11 is 0. The molecule has 1 rings (SSSR count). The van der Waals surface area contributed by atoms with Gasteiger partial charge < -0.3 is 9.47 Å². The second kappa shape index (κ2) is 9.07. The molecule has 1 heterocycles. The number of nitrogens with zero attached hydrogens (tertiary/aromatic N) is 2. The maximum Gasteiger partial charge on any atom is 0.341 e. The summed E-state index contributed by atoms with van der Waals surface area (Å²) < 4.78 is 34.6. The first-order chi connectivity index (χ1) is 10.5. The fourth-order valence-electron chi connectivity index (χ4n) is 1.67. The van der Waals surface area contributed by atoms with Crippen LogP contribution in [-0.4, -0.2) is 29.2 Å². The first kappa shape index (κ1) is 18.0. The Labute approximate surface area is 128 Å². The molecule has 122 valence electrons. The lowest BCUT2D eigenvalue weighted by Gasteiger charge is -2.08. The Balaban J connectivity index is 2.41. The number of hydrogen-bond acceptors (Lipinski definition) is 5. The standard InChI is InChI=1S/C15H20F2N2O3/c1-4-21-15-18-9-12(11(3)19-15)14(20)22-8-6-5-7-10(2)13(16)17/h9H,4-8H2,1-3H3. The summed E-state index contributed by atoms with van der Waals surface area (Å²) in [6.45, 7) is 5.48. The Morgan fingerprint density at radius 1 is 1.32 bits per heavy atom. The van der Waals surface area contributed by atoms with Gasteiger partial charge in [-0.1, -0.05) is 0 Å². The average molecular weight is 314 g/mol. The second-order valence-corrected chi connectivity index (χ2v) is 4.72. The quantitative estimate of drug-likeness (QED) is 0.541. The van der Waals surface area contributed by atoms with Crippen LogP contribution < -0.4 is 4.74 Å². The number of halogens is 2. The molecule has 0 saturated heterocycles. The fraction of sp³-hybridized carbons (Fsp3) is 0.533. The number of esters is 1. The van der Waals surface area contributed by atoms with Crippen molar-refractivity contribution in [3.8, 4) is 6.01 Å². The van der Waals surface area contributed by atoms with Crippen LogP contribution in [0.15, 0.2) is 17.9 Å². The summed E-state index contributed by atoms with van der Waals surface area (Å²) in [4.78, 5) is 19.8. The lowest BCUT2D eigenvalue weighted by molar-refractivity contribution is 0.0496. The molecule has 0 aliphatic heterocycles. The van der Waals surface area contributed by atoms with Gasteiger partial charge in [-0.3, -0.25) is 0 Å². The van der Waals surface area contributed by atoms with Gasteiger partial charge in [0.15, 0.2) is 0 Å². The molecule has 22 heavy (non-hydrogen) atoms. The largest absolute Gasteiger partial charge is 0.464 e. The van der Waals surface area contributed by atoms with Crippen molar-refractivity contribution in [2.24, 2.45) is 0 Å². The molecule has 0 aliphatic carbocycles. The predicted octanol–water partition coefficient (Wildman–Crippen LogP) is 3.68. The molecule has 0 N–H and O–H groups in total. The third-order valence-corrected chi connectivity index (χ3v) is 2.95. The van der Waals surface area contributed by atoms with E-state index < -0.39 is 12.0 Å². The number of allylic oxidation sites excluding steroid dienone is 1. The van der Waals surface area contributed by atoms with Gasteiger partial charge in [0.1, 0.15) is 0 Å². The maximum atomic E-state index is 12.2. The Morgan fingerprint density at radius 2 is 2.05 bits per heavy atom.